The zero-order valence-electron chi connectivity index (χ0n) is 10.6. The Morgan fingerprint density at radius 2 is 2.06 bits per heavy atom. The van der Waals surface area contributed by atoms with Gasteiger partial charge in [-0.25, -0.2) is 0 Å². The van der Waals surface area contributed by atoms with Gasteiger partial charge >= 0.3 is 0 Å². The number of carbonyl (C=O) groups excluding carboxylic acids is 1. The summed E-state index contributed by atoms with van der Waals surface area (Å²) in [5.41, 5.74) is 0.398. The van der Waals surface area contributed by atoms with Gasteiger partial charge in [0.05, 0.1) is 6.20 Å². The quantitative estimate of drug-likeness (QED) is 0.792. The molecule has 2 heterocycles. The second kappa shape index (κ2) is 4.49. The van der Waals surface area contributed by atoms with E-state index in [9.17, 15) is 4.79 Å². The third-order valence-corrected chi connectivity index (χ3v) is 2.89. The van der Waals surface area contributed by atoms with Crippen LogP contribution in [0.1, 0.15) is 36.9 Å². The molecular weight excluding hydrogens is 218 g/mol. The summed E-state index contributed by atoms with van der Waals surface area (Å²) in [6.45, 7) is 9.23. The van der Waals surface area contributed by atoms with Gasteiger partial charge in [0.15, 0.2) is 5.76 Å². The van der Waals surface area contributed by atoms with E-state index < -0.39 is 0 Å². The van der Waals surface area contributed by atoms with E-state index in [4.69, 9.17) is 4.52 Å². The van der Waals surface area contributed by atoms with Crippen molar-refractivity contribution in [2.45, 2.75) is 26.2 Å². The predicted molar refractivity (Wildman–Crippen MR) is 64.0 cm³/mol. The molecule has 0 unspecified atom stereocenters. The Bertz CT molecular complexity index is 400. The maximum Gasteiger partial charge on any atom is 0.259 e. The van der Waals surface area contributed by atoms with Crippen molar-refractivity contribution in [3.63, 3.8) is 0 Å². The SMILES string of the molecule is CC(C)(C)c1oncc1C(=O)N1CCNCC1. The second-order valence-electron chi connectivity index (χ2n) is 5.36. The first-order chi connectivity index (χ1) is 8.00. The molecule has 2 rings (SSSR count). The third-order valence-electron chi connectivity index (χ3n) is 2.89. The van der Waals surface area contributed by atoms with Crippen LogP contribution in [-0.4, -0.2) is 42.1 Å². The summed E-state index contributed by atoms with van der Waals surface area (Å²) in [5, 5.41) is 6.99. The van der Waals surface area contributed by atoms with Gasteiger partial charge in [0.2, 0.25) is 0 Å². The summed E-state index contributed by atoms with van der Waals surface area (Å²) in [6.07, 6.45) is 1.53. The summed E-state index contributed by atoms with van der Waals surface area (Å²) in [5.74, 6) is 0.693. The van der Waals surface area contributed by atoms with Gasteiger partial charge in [0.1, 0.15) is 5.56 Å². The largest absolute Gasteiger partial charge is 0.360 e. The number of rotatable bonds is 1. The van der Waals surface area contributed by atoms with Crippen molar-refractivity contribution in [1.29, 1.82) is 0 Å². The minimum absolute atomic E-state index is 0.0256. The van der Waals surface area contributed by atoms with Crippen molar-refractivity contribution in [2.75, 3.05) is 26.2 Å². The lowest BCUT2D eigenvalue weighted by Gasteiger charge is -2.27. The minimum Gasteiger partial charge on any atom is -0.360 e. The standard InChI is InChI=1S/C12H19N3O2/c1-12(2,3)10-9(8-14-17-10)11(16)15-6-4-13-5-7-15/h8,13H,4-7H2,1-3H3. The van der Waals surface area contributed by atoms with Gasteiger partial charge in [-0.2, -0.15) is 0 Å². The van der Waals surface area contributed by atoms with Gasteiger partial charge in [-0.1, -0.05) is 25.9 Å². The summed E-state index contributed by atoms with van der Waals surface area (Å²) in [6, 6.07) is 0. The van der Waals surface area contributed by atoms with Crippen LogP contribution in [0.4, 0.5) is 0 Å². The van der Waals surface area contributed by atoms with Crippen molar-refractivity contribution in [3.8, 4) is 0 Å². The third kappa shape index (κ3) is 2.49. The Morgan fingerprint density at radius 1 is 1.41 bits per heavy atom. The van der Waals surface area contributed by atoms with Crippen molar-refractivity contribution >= 4 is 5.91 Å². The molecule has 0 atom stereocenters. The lowest BCUT2D eigenvalue weighted by atomic mass is 9.90. The van der Waals surface area contributed by atoms with Gasteiger partial charge < -0.3 is 14.7 Å². The van der Waals surface area contributed by atoms with Crippen LogP contribution >= 0.6 is 0 Å². The van der Waals surface area contributed by atoms with E-state index in [-0.39, 0.29) is 11.3 Å². The first kappa shape index (κ1) is 12.1. The highest BCUT2D eigenvalue weighted by Gasteiger charge is 2.29. The number of amides is 1. The van der Waals surface area contributed by atoms with Crippen LogP contribution in [0.3, 0.4) is 0 Å². The Hall–Kier alpha value is -1.36. The van der Waals surface area contributed by atoms with Gasteiger partial charge in [-0.3, -0.25) is 4.79 Å². The number of carbonyl (C=O) groups is 1. The maximum atomic E-state index is 12.3. The molecule has 0 spiro atoms. The molecule has 1 aliphatic rings. The molecule has 1 N–H and O–H groups in total. The molecule has 1 fully saturated rings. The lowest BCUT2D eigenvalue weighted by molar-refractivity contribution is 0.0731. The highest BCUT2D eigenvalue weighted by Crippen LogP contribution is 2.26. The van der Waals surface area contributed by atoms with E-state index in [0.29, 0.717) is 11.3 Å². The molecule has 0 radical (unpaired) electrons. The smallest absolute Gasteiger partial charge is 0.259 e. The number of aromatic nitrogens is 1. The summed E-state index contributed by atoms with van der Waals surface area (Å²) >= 11 is 0. The zero-order valence-corrected chi connectivity index (χ0v) is 10.6. The van der Waals surface area contributed by atoms with Crippen LogP contribution < -0.4 is 5.32 Å². The highest BCUT2D eigenvalue weighted by atomic mass is 16.5. The van der Waals surface area contributed by atoms with Crippen LogP contribution in [0.2, 0.25) is 0 Å². The highest BCUT2D eigenvalue weighted by molar-refractivity contribution is 5.95. The van der Waals surface area contributed by atoms with E-state index >= 15 is 0 Å². The zero-order chi connectivity index (χ0) is 12.5. The topological polar surface area (TPSA) is 58.4 Å². The molecule has 17 heavy (non-hydrogen) atoms. The first-order valence-corrected chi connectivity index (χ1v) is 5.95. The first-order valence-electron chi connectivity index (χ1n) is 5.95. The summed E-state index contributed by atoms with van der Waals surface area (Å²) in [7, 11) is 0. The molecule has 1 saturated heterocycles. The normalized spacial score (nSPS) is 17.2. The Balaban J connectivity index is 2.22. The number of hydrogen-bond acceptors (Lipinski definition) is 4. The van der Waals surface area contributed by atoms with Gasteiger partial charge in [0, 0.05) is 31.6 Å². The molecule has 1 aromatic rings. The predicted octanol–water partition coefficient (Wildman–Crippen LogP) is 1.02. The average molecular weight is 237 g/mol. The van der Waals surface area contributed by atoms with Gasteiger partial charge in [-0.15, -0.1) is 0 Å². The van der Waals surface area contributed by atoms with Crippen molar-refractivity contribution < 1.29 is 9.32 Å². The maximum absolute atomic E-state index is 12.3. The molecule has 0 bridgehead atoms. The minimum atomic E-state index is -0.199. The number of hydrogen-bond donors (Lipinski definition) is 1. The van der Waals surface area contributed by atoms with E-state index in [2.05, 4.69) is 10.5 Å². The number of piperazine rings is 1. The average Bonchev–Trinajstić information content (AvgIpc) is 2.78. The fraction of sp³-hybridized carbons (Fsp3) is 0.667. The van der Waals surface area contributed by atoms with Crippen molar-refractivity contribution in [3.05, 3.63) is 17.5 Å². The lowest BCUT2D eigenvalue weighted by Crippen LogP contribution is -2.46. The molecule has 1 aromatic heterocycles. The van der Waals surface area contributed by atoms with E-state index in [1.807, 2.05) is 25.7 Å². The molecule has 0 aromatic carbocycles. The molecule has 1 amide bonds. The summed E-state index contributed by atoms with van der Waals surface area (Å²) in [4.78, 5) is 14.2. The number of nitrogens with one attached hydrogen (secondary N) is 1. The summed E-state index contributed by atoms with van der Waals surface area (Å²) < 4.78 is 5.23. The molecule has 5 nitrogen and oxygen atoms in total. The molecule has 1 aliphatic heterocycles. The van der Waals surface area contributed by atoms with Crippen molar-refractivity contribution in [2.24, 2.45) is 0 Å². The fourth-order valence-electron chi connectivity index (χ4n) is 1.97. The Kier molecular flexibility index (Phi) is 3.19. The monoisotopic (exact) mass is 237 g/mol. The van der Waals surface area contributed by atoms with Crippen LogP contribution in [-0.2, 0) is 5.41 Å². The van der Waals surface area contributed by atoms with E-state index in [1.54, 1.807) is 0 Å². The van der Waals surface area contributed by atoms with Gasteiger partial charge in [0.25, 0.3) is 5.91 Å². The second-order valence-corrected chi connectivity index (χ2v) is 5.36. The molecule has 0 saturated carbocycles. The van der Waals surface area contributed by atoms with Crippen LogP contribution in [0, 0.1) is 0 Å². The van der Waals surface area contributed by atoms with E-state index in [0.717, 1.165) is 26.2 Å². The van der Waals surface area contributed by atoms with Gasteiger partial charge in [-0.05, 0) is 0 Å². The van der Waals surface area contributed by atoms with Crippen LogP contribution in [0.15, 0.2) is 10.7 Å². The van der Waals surface area contributed by atoms with Crippen LogP contribution in [0.5, 0.6) is 0 Å². The fourth-order valence-corrected chi connectivity index (χ4v) is 1.97. The molecule has 94 valence electrons. The van der Waals surface area contributed by atoms with Crippen LogP contribution in [0.25, 0.3) is 0 Å². The molecule has 0 aliphatic carbocycles. The molecule has 5 heteroatoms. The number of nitrogens with zero attached hydrogens (tertiary/aromatic N) is 2. The Morgan fingerprint density at radius 3 is 2.65 bits per heavy atom. The molecular formula is C12H19N3O2. The van der Waals surface area contributed by atoms with E-state index in [1.165, 1.54) is 6.20 Å². The Labute approximate surface area is 101 Å². The van der Waals surface area contributed by atoms with Crippen molar-refractivity contribution in [1.82, 2.24) is 15.4 Å².